The minimum Gasteiger partial charge on any atom is -0.0800 e. The summed E-state index contributed by atoms with van der Waals surface area (Å²) in [5.74, 6) is 2.58. The van der Waals surface area contributed by atoms with Crippen LogP contribution in [0.3, 0.4) is 0 Å². The third kappa shape index (κ3) is 3.95. The van der Waals surface area contributed by atoms with E-state index in [1.807, 2.05) is 0 Å². The van der Waals surface area contributed by atoms with Crippen LogP contribution in [0.2, 0.25) is 0 Å². The van der Waals surface area contributed by atoms with Crippen LogP contribution in [0.1, 0.15) is 171 Å². The molecule has 62 heavy (non-hydrogen) atoms. The number of hydrogen-bond donors (Lipinski definition) is 0. The molecule has 310 valence electrons. The van der Waals surface area contributed by atoms with Gasteiger partial charge in [0.05, 0.1) is 0 Å². The molecular weight excluding hydrogens is 745 g/mol. The second-order valence-corrected chi connectivity index (χ2v) is 21.9. The Hall–Kier alpha value is -4.68. The first-order valence-corrected chi connectivity index (χ1v) is 25.2. The molecule has 8 unspecified atom stereocenters. The fourth-order valence-electron chi connectivity index (χ4n) is 17.3. The van der Waals surface area contributed by atoms with Crippen molar-refractivity contribution in [3.05, 3.63) is 156 Å². The second-order valence-electron chi connectivity index (χ2n) is 21.9. The molecule has 0 saturated carbocycles. The Morgan fingerprint density at radius 2 is 1.37 bits per heavy atom. The molecular formula is C62H62. The summed E-state index contributed by atoms with van der Waals surface area (Å²) in [7, 11) is 0. The molecule has 0 bridgehead atoms. The Balaban J connectivity index is 1.02. The van der Waals surface area contributed by atoms with E-state index in [1.54, 1.807) is 133 Å². The van der Waals surface area contributed by atoms with Crippen molar-refractivity contribution in [1.29, 1.82) is 0 Å². The number of benzene rings is 4. The van der Waals surface area contributed by atoms with Gasteiger partial charge in [0.15, 0.2) is 0 Å². The van der Waals surface area contributed by atoms with Gasteiger partial charge in [-0.3, -0.25) is 0 Å². The number of hydrogen-bond acceptors (Lipinski definition) is 0. The average molecular weight is 807 g/mol. The van der Waals surface area contributed by atoms with Gasteiger partial charge in [0.25, 0.3) is 0 Å². The van der Waals surface area contributed by atoms with E-state index in [2.05, 4.69) is 128 Å². The van der Waals surface area contributed by atoms with Crippen LogP contribution in [0.15, 0.2) is 78.4 Å². The first kappa shape index (κ1) is 36.8. The van der Waals surface area contributed by atoms with Crippen LogP contribution in [0.25, 0.3) is 49.8 Å². The molecule has 0 spiro atoms. The van der Waals surface area contributed by atoms with E-state index in [9.17, 15) is 0 Å². The third-order valence-electron chi connectivity index (χ3n) is 19.3. The predicted octanol–water partition coefficient (Wildman–Crippen LogP) is 15.7. The van der Waals surface area contributed by atoms with Gasteiger partial charge in [-0.15, -0.1) is 0 Å². The molecule has 0 radical (unpaired) electrons. The molecule has 4 aromatic rings. The predicted molar refractivity (Wildman–Crippen MR) is 262 cm³/mol. The van der Waals surface area contributed by atoms with Crippen molar-refractivity contribution < 1.29 is 0 Å². The lowest BCUT2D eigenvalue weighted by Crippen LogP contribution is -2.46. The molecule has 0 heterocycles. The zero-order chi connectivity index (χ0) is 41.9. The smallest absolute Gasteiger partial charge is 0.0199 e. The van der Waals surface area contributed by atoms with E-state index < -0.39 is 0 Å². The zero-order valence-electron chi connectivity index (χ0n) is 38.5. The Kier molecular flexibility index (Phi) is 7.18. The van der Waals surface area contributed by atoms with Crippen molar-refractivity contribution in [3.8, 4) is 11.1 Å². The maximum atomic E-state index is 2.81. The first-order chi connectivity index (χ1) is 30.2. The van der Waals surface area contributed by atoms with E-state index in [-0.39, 0.29) is 10.8 Å². The standard InChI is InChI=1S/C62H62/c1-9-34-39-22-21-33-17-13-14-18-38(33)49(39)35(10-2)54-46-30-32(6)58-43-24-23-40-51-36(11-3)52-41-19-15-27-61(7)28-16-20-42(59(41)61)53(52)37(12-4)56(51)48-31(5)29-45(55(43)57(40)48)47-26-25-44(50(34)54)60(46)62(47,58)8/h15,19-27,29-32,48,58-60H,9-14,16-18,28H2,1-8H3. The van der Waals surface area contributed by atoms with Gasteiger partial charge in [0, 0.05) is 29.1 Å². The Morgan fingerprint density at radius 3 is 2.18 bits per heavy atom. The van der Waals surface area contributed by atoms with E-state index in [1.165, 1.54) is 38.5 Å². The maximum Gasteiger partial charge on any atom is 0.0199 e. The van der Waals surface area contributed by atoms with Gasteiger partial charge >= 0.3 is 0 Å². The molecule has 10 aliphatic rings. The first-order valence-electron chi connectivity index (χ1n) is 25.2. The molecule has 14 rings (SSSR count). The monoisotopic (exact) mass is 806 g/mol. The summed E-state index contributed by atoms with van der Waals surface area (Å²) >= 11 is 0. The molecule has 8 atom stereocenters. The topological polar surface area (TPSA) is 0 Å². The maximum absolute atomic E-state index is 2.81. The number of allylic oxidation sites excluding steroid dienone is 14. The fraction of sp³-hybridized carbons (Fsp3) is 0.419. The molecule has 0 nitrogen and oxygen atoms in total. The van der Waals surface area contributed by atoms with Crippen LogP contribution in [-0.4, -0.2) is 0 Å². The summed E-state index contributed by atoms with van der Waals surface area (Å²) in [6.45, 7) is 20.2. The van der Waals surface area contributed by atoms with Crippen molar-refractivity contribution in [2.45, 2.75) is 131 Å². The van der Waals surface area contributed by atoms with Crippen molar-refractivity contribution >= 4 is 38.6 Å². The Labute approximate surface area is 370 Å². The van der Waals surface area contributed by atoms with Gasteiger partial charge in [-0.05, 0) is 215 Å². The zero-order valence-corrected chi connectivity index (χ0v) is 38.5. The van der Waals surface area contributed by atoms with Crippen LogP contribution in [0, 0.1) is 34.5 Å². The lowest BCUT2D eigenvalue weighted by molar-refractivity contribution is 0.223. The average Bonchev–Trinajstić information content (AvgIpc) is 3.92. The van der Waals surface area contributed by atoms with Crippen molar-refractivity contribution in [1.82, 2.24) is 0 Å². The van der Waals surface area contributed by atoms with Crippen molar-refractivity contribution in [2.24, 2.45) is 34.5 Å². The minimum atomic E-state index is -0.0141. The summed E-state index contributed by atoms with van der Waals surface area (Å²) in [4.78, 5) is 0. The molecule has 0 saturated heterocycles. The quantitative estimate of drug-likeness (QED) is 0.193. The van der Waals surface area contributed by atoms with Crippen LogP contribution in [0.5, 0.6) is 0 Å². The Bertz CT molecular complexity index is 3080. The molecule has 0 heteroatoms. The van der Waals surface area contributed by atoms with Gasteiger partial charge in [-0.1, -0.05) is 128 Å². The van der Waals surface area contributed by atoms with Crippen molar-refractivity contribution in [3.63, 3.8) is 0 Å². The number of rotatable bonds is 4. The van der Waals surface area contributed by atoms with Gasteiger partial charge in [0.1, 0.15) is 0 Å². The van der Waals surface area contributed by atoms with Crippen LogP contribution in [-0.2, 0) is 38.5 Å². The second kappa shape index (κ2) is 12.1. The highest BCUT2D eigenvalue weighted by atomic mass is 14.6. The Morgan fingerprint density at radius 1 is 0.629 bits per heavy atom. The molecule has 4 aromatic carbocycles. The normalized spacial score (nSPS) is 31.4. The lowest BCUT2D eigenvalue weighted by Gasteiger charge is -2.56. The summed E-state index contributed by atoms with van der Waals surface area (Å²) in [5.41, 5.74) is 36.1. The van der Waals surface area contributed by atoms with Crippen LogP contribution >= 0.6 is 0 Å². The molecule has 0 N–H and O–H groups in total. The lowest BCUT2D eigenvalue weighted by atomic mass is 9.46. The largest absolute Gasteiger partial charge is 0.0800 e. The SMILES string of the molecule is CCc1c2c(c(CC)c3c1-c1ccc4c5c1C3C(C)C=C5C1=CC=C3c5c(c(CC)c6c7c(ccc6c5CC)CCCC7)C5=CC(C)C4C1(C)C35)C1=CCCC3(C)C=CC=C2C13. The fourth-order valence-corrected chi connectivity index (χ4v) is 17.3. The number of aryl methyl sites for hydroxylation is 4. The molecule has 0 aliphatic heterocycles. The van der Waals surface area contributed by atoms with Crippen LogP contribution < -0.4 is 0 Å². The van der Waals surface area contributed by atoms with E-state index >= 15 is 0 Å². The minimum absolute atomic E-state index is 0.0141. The number of fused-ring (bicyclic) bond motifs is 14. The van der Waals surface area contributed by atoms with Gasteiger partial charge in [-0.2, -0.15) is 0 Å². The summed E-state index contributed by atoms with van der Waals surface area (Å²) in [6, 6.07) is 10.4. The highest BCUT2D eigenvalue weighted by molar-refractivity contribution is 6.11. The summed E-state index contributed by atoms with van der Waals surface area (Å²) in [5, 5.41) is 3.19. The highest BCUT2D eigenvalue weighted by Gasteiger charge is 2.61. The highest BCUT2D eigenvalue weighted by Crippen LogP contribution is 2.74. The van der Waals surface area contributed by atoms with Gasteiger partial charge < -0.3 is 0 Å². The molecule has 0 amide bonds. The van der Waals surface area contributed by atoms with Gasteiger partial charge in [0.2, 0.25) is 0 Å². The molecule has 0 fully saturated rings. The van der Waals surface area contributed by atoms with E-state index in [0.717, 1.165) is 25.7 Å². The van der Waals surface area contributed by atoms with E-state index in [0.29, 0.717) is 35.5 Å². The third-order valence-corrected chi connectivity index (χ3v) is 19.3. The molecule has 0 aromatic heterocycles. The summed E-state index contributed by atoms with van der Waals surface area (Å²) < 4.78 is 0. The van der Waals surface area contributed by atoms with E-state index in [4.69, 9.17) is 0 Å². The van der Waals surface area contributed by atoms with Crippen LogP contribution in [0.4, 0.5) is 0 Å². The summed E-state index contributed by atoms with van der Waals surface area (Å²) in [6.07, 6.45) is 33.0. The van der Waals surface area contributed by atoms with Crippen molar-refractivity contribution in [2.75, 3.05) is 0 Å². The van der Waals surface area contributed by atoms with Gasteiger partial charge in [-0.25, -0.2) is 0 Å². The molecule has 10 aliphatic carbocycles.